The minimum atomic E-state index is -0.490. The number of carbonyl (C=O) groups excluding carboxylic acids is 1. The normalized spacial score (nSPS) is 13.1. The molecule has 0 heterocycles. The molecule has 0 aliphatic carbocycles. The van der Waals surface area contributed by atoms with E-state index in [4.69, 9.17) is 4.74 Å². The van der Waals surface area contributed by atoms with Gasteiger partial charge in [-0.05, 0) is 45.4 Å². The van der Waals surface area contributed by atoms with E-state index in [0.29, 0.717) is 13.1 Å². The fourth-order valence-electron chi connectivity index (χ4n) is 1.76. The zero-order chi connectivity index (χ0) is 16.6. The summed E-state index contributed by atoms with van der Waals surface area (Å²) < 4.78 is 18.2. The molecule has 22 heavy (non-hydrogen) atoms. The van der Waals surface area contributed by atoms with Crippen LogP contribution in [0, 0.1) is 5.82 Å². The van der Waals surface area contributed by atoms with E-state index in [0.717, 1.165) is 5.56 Å². The van der Waals surface area contributed by atoms with E-state index in [1.165, 1.54) is 12.1 Å². The fourth-order valence-corrected chi connectivity index (χ4v) is 1.76. The Hall–Kier alpha value is -1.88. The number of ether oxygens (including phenoxy) is 1. The van der Waals surface area contributed by atoms with E-state index >= 15 is 0 Å². The molecule has 0 aliphatic rings. The van der Waals surface area contributed by atoms with E-state index in [9.17, 15) is 9.18 Å². The molecule has 0 fully saturated rings. The highest BCUT2D eigenvalue weighted by Gasteiger charge is 2.14. The van der Waals surface area contributed by atoms with Gasteiger partial charge in [-0.15, -0.1) is 0 Å². The Morgan fingerprint density at radius 2 is 2.00 bits per heavy atom. The number of rotatable bonds is 6. The van der Waals surface area contributed by atoms with Gasteiger partial charge in [-0.3, -0.25) is 0 Å². The second kappa shape index (κ2) is 8.54. The third-order valence-electron chi connectivity index (χ3n) is 2.82. The molecular formula is C17H25FN2O2. The van der Waals surface area contributed by atoms with Crippen LogP contribution in [0.1, 0.15) is 39.3 Å². The van der Waals surface area contributed by atoms with Crippen molar-refractivity contribution in [1.29, 1.82) is 0 Å². The molecule has 1 atom stereocenters. The maximum Gasteiger partial charge on any atom is 0.407 e. The number of nitrogens with one attached hydrogen (secondary N) is 2. The summed E-state index contributed by atoms with van der Waals surface area (Å²) in [5.74, 6) is -0.233. The third kappa shape index (κ3) is 7.78. The summed E-state index contributed by atoms with van der Waals surface area (Å²) in [6, 6.07) is 6.58. The van der Waals surface area contributed by atoms with E-state index in [2.05, 4.69) is 10.6 Å². The minimum Gasteiger partial charge on any atom is -0.444 e. The van der Waals surface area contributed by atoms with Gasteiger partial charge in [-0.25, -0.2) is 9.18 Å². The molecule has 1 unspecified atom stereocenters. The molecule has 0 saturated heterocycles. The van der Waals surface area contributed by atoms with Crippen molar-refractivity contribution in [2.75, 3.05) is 13.1 Å². The van der Waals surface area contributed by atoms with Crippen molar-refractivity contribution in [2.24, 2.45) is 0 Å². The van der Waals surface area contributed by atoms with Gasteiger partial charge in [0, 0.05) is 19.1 Å². The Morgan fingerprint density at radius 3 is 2.64 bits per heavy atom. The fraction of sp³-hybridized carbons (Fsp3) is 0.471. The largest absolute Gasteiger partial charge is 0.444 e. The van der Waals surface area contributed by atoms with Crippen molar-refractivity contribution in [3.05, 3.63) is 47.8 Å². The second-order valence-corrected chi connectivity index (χ2v) is 6.04. The summed E-state index contributed by atoms with van der Waals surface area (Å²) in [6.45, 7) is 8.47. The zero-order valence-corrected chi connectivity index (χ0v) is 13.7. The number of benzene rings is 1. The Labute approximate surface area is 131 Å². The standard InChI is InChI=1S/C17H25FN2O2/c1-13(14-8-7-9-15(18)12-14)19-10-5-6-11-20-16(21)22-17(2,3)4/h5-9,12-13,19H,10-11H2,1-4H3,(H,20,21)/b6-5+. The predicted octanol–water partition coefficient (Wildman–Crippen LogP) is 3.56. The van der Waals surface area contributed by atoms with Crippen molar-refractivity contribution < 1.29 is 13.9 Å². The molecule has 0 saturated carbocycles. The molecule has 4 nitrogen and oxygen atoms in total. The number of alkyl carbamates (subject to hydrolysis) is 1. The van der Waals surface area contributed by atoms with Crippen molar-refractivity contribution in [1.82, 2.24) is 10.6 Å². The van der Waals surface area contributed by atoms with Crippen molar-refractivity contribution in [3.63, 3.8) is 0 Å². The van der Waals surface area contributed by atoms with Gasteiger partial charge >= 0.3 is 6.09 Å². The van der Waals surface area contributed by atoms with Gasteiger partial charge in [0.2, 0.25) is 0 Å². The molecule has 1 aromatic rings. The highest BCUT2D eigenvalue weighted by molar-refractivity contribution is 5.67. The lowest BCUT2D eigenvalue weighted by atomic mass is 10.1. The molecule has 1 rings (SSSR count). The monoisotopic (exact) mass is 308 g/mol. The van der Waals surface area contributed by atoms with Gasteiger partial charge < -0.3 is 15.4 Å². The molecule has 5 heteroatoms. The summed E-state index contributed by atoms with van der Waals surface area (Å²) in [5, 5.41) is 5.90. The number of carbonyl (C=O) groups is 1. The topological polar surface area (TPSA) is 50.4 Å². The number of halogens is 1. The van der Waals surface area contributed by atoms with Crippen molar-refractivity contribution in [2.45, 2.75) is 39.3 Å². The van der Waals surface area contributed by atoms with Crippen LogP contribution in [0.2, 0.25) is 0 Å². The summed E-state index contributed by atoms with van der Waals surface area (Å²) in [6.07, 6.45) is 3.32. The molecule has 0 spiro atoms. The molecule has 1 amide bonds. The number of amides is 1. The molecular weight excluding hydrogens is 283 g/mol. The zero-order valence-electron chi connectivity index (χ0n) is 13.7. The quantitative estimate of drug-likeness (QED) is 0.790. The van der Waals surface area contributed by atoms with Gasteiger partial charge in [0.1, 0.15) is 11.4 Å². The first kappa shape index (κ1) is 18.2. The molecule has 2 N–H and O–H groups in total. The van der Waals surface area contributed by atoms with Gasteiger partial charge in [-0.1, -0.05) is 24.3 Å². The summed E-state index contributed by atoms with van der Waals surface area (Å²) >= 11 is 0. The van der Waals surface area contributed by atoms with Crippen LogP contribution in [0.15, 0.2) is 36.4 Å². The highest BCUT2D eigenvalue weighted by atomic mass is 19.1. The molecule has 1 aromatic carbocycles. The summed E-state index contributed by atoms with van der Waals surface area (Å²) in [5.41, 5.74) is 0.413. The Kier molecular flexibility index (Phi) is 7.05. The van der Waals surface area contributed by atoms with Crippen LogP contribution in [-0.4, -0.2) is 24.8 Å². The lowest BCUT2D eigenvalue weighted by molar-refractivity contribution is 0.0534. The number of hydrogen-bond acceptors (Lipinski definition) is 3. The molecule has 0 aliphatic heterocycles. The maximum atomic E-state index is 13.1. The van der Waals surface area contributed by atoms with Crippen LogP contribution >= 0.6 is 0 Å². The third-order valence-corrected chi connectivity index (χ3v) is 2.82. The number of hydrogen-bond donors (Lipinski definition) is 2. The predicted molar refractivity (Wildman–Crippen MR) is 86.2 cm³/mol. The van der Waals surface area contributed by atoms with Gasteiger partial charge in [0.05, 0.1) is 0 Å². The van der Waals surface area contributed by atoms with E-state index in [1.54, 1.807) is 6.07 Å². The van der Waals surface area contributed by atoms with E-state index in [-0.39, 0.29) is 11.9 Å². The highest BCUT2D eigenvalue weighted by Crippen LogP contribution is 2.12. The van der Waals surface area contributed by atoms with Crippen LogP contribution in [0.4, 0.5) is 9.18 Å². The van der Waals surface area contributed by atoms with Gasteiger partial charge in [-0.2, -0.15) is 0 Å². The lowest BCUT2D eigenvalue weighted by Gasteiger charge is -2.19. The smallest absolute Gasteiger partial charge is 0.407 e. The molecule has 0 radical (unpaired) electrons. The average molecular weight is 308 g/mol. The Bertz CT molecular complexity index is 510. The Balaban J connectivity index is 2.22. The van der Waals surface area contributed by atoms with Gasteiger partial charge in [0.25, 0.3) is 0 Å². The molecule has 122 valence electrons. The van der Waals surface area contributed by atoms with E-state index in [1.807, 2.05) is 45.9 Å². The van der Waals surface area contributed by atoms with Crippen molar-refractivity contribution in [3.8, 4) is 0 Å². The summed E-state index contributed by atoms with van der Waals surface area (Å²) in [4.78, 5) is 11.4. The first-order chi connectivity index (χ1) is 10.3. The van der Waals surface area contributed by atoms with Gasteiger partial charge in [0.15, 0.2) is 0 Å². The average Bonchev–Trinajstić information content (AvgIpc) is 2.40. The summed E-state index contributed by atoms with van der Waals surface area (Å²) in [7, 11) is 0. The SMILES string of the molecule is CC(NC/C=C/CNC(=O)OC(C)(C)C)c1cccc(F)c1. The van der Waals surface area contributed by atoms with Crippen LogP contribution < -0.4 is 10.6 Å². The molecule has 0 aromatic heterocycles. The van der Waals surface area contributed by atoms with Crippen LogP contribution in [-0.2, 0) is 4.74 Å². The van der Waals surface area contributed by atoms with Crippen molar-refractivity contribution >= 4 is 6.09 Å². The molecule has 0 bridgehead atoms. The first-order valence-corrected chi connectivity index (χ1v) is 7.38. The first-order valence-electron chi connectivity index (χ1n) is 7.38. The van der Waals surface area contributed by atoms with Crippen LogP contribution in [0.5, 0.6) is 0 Å². The van der Waals surface area contributed by atoms with Crippen LogP contribution in [0.3, 0.4) is 0 Å². The minimum absolute atomic E-state index is 0.0548. The second-order valence-electron chi connectivity index (χ2n) is 6.04. The lowest BCUT2D eigenvalue weighted by Crippen LogP contribution is -2.32. The Morgan fingerprint density at radius 1 is 1.32 bits per heavy atom. The maximum absolute atomic E-state index is 13.1. The van der Waals surface area contributed by atoms with E-state index < -0.39 is 11.7 Å². The van der Waals surface area contributed by atoms with Crippen LogP contribution in [0.25, 0.3) is 0 Å².